The number of aromatic nitrogens is 1. The van der Waals surface area contributed by atoms with Crippen molar-refractivity contribution in [2.75, 3.05) is 6.54 Å². The number of amides is 1. The van der Waals surface area contributed by atoms with Crippen LogP contribution in [0.1, 0.15) is 35.8 Å². The van der Waals surface area contributed by atoms with E-state index in [9.17, 15) is 9.59 Å². The molecular weight excluding hydrogens is 272 g/mol. The van der Waals surface area contributed by atoms with Gasteiger partial charge in [-0.05, 0) is 18.1 Å². The van der Waals surface area contributed by atoms with Crippen LogP contribution in [0.2, 0.25) is 5.15 Å². The Kier molecular flexibility index (Phi) is 5.26. The number of nitrogens with zero attached hydrogens (tertiary/aromatic N) is 1. The third-order valence-electron chi connectivity index (χ3n) is 2.41. The number of hydrogen-bond acceptors (Lipinski definition) is 4. The third kappa shape index (κ3) is 4.50. The number of aliphatic carboxylic acids is 1. The molecule has 1 aromatic rings. The Morgan fingerprint density at radius 2 is 2.05 bits per heavy atom. The van der Waals surface area contributed by atoms with Gasteiger partial charge < -0.3 is 15.5 Å². The Labute approximate surface area is 115 Å². The first-order valence-corrected chi connectivity index (χ1v) is 6.05. The molecule has 0 aliphatic rings. The summed E-state index contributed by atoms with van der Waals surface area (Å²) >= 11 is 5.82. The van der Waals surface area contributed by atoms with Crippen LogP contribution < -0.4 is 5.32 Å². The second kappa shape index (κ2) is 6.49. The van der Waals surface area contributed by atoms with Crippen LogP contribution in [0.3, 0.4) is 0 Å². The van der Waals surface area contributed by atoms with Gasteiger partial charge in [0, 0.05) is 11.3 Å². The van der Waals surface area contributed by atoms with Gasteiger partial charge in [-0.1, -0.05) is 25.4 Å². The molecule has 7 heteroatoms. The van der Waals surface area contributed by atoms with Gasteiger partial charge in [-0.25, -0.2) is 9.78 Å². The Morgan fingerprint density at radius 3 is 2.58 bits per heavy atom. The van der Waals surface area contributed by atoms with Gasteiger partial charge in [0.05, 0.1) is 6.54 Å². The average molecular weight is 287 g/mol. The molecule has 1 heterocycles. The van der Waals surface area contributed by atoms with Gasteiger partial charge in [0.15, 0.2) is 6.10 Å². The number of pyridine rings is 1. The predicted octanol–water partition coefficient (Wildman–Crippen LogP) is 1.03. The Morgan fingerprint density at radius 1 is 1.42 bits per heavy atom. The quantitative estimate of drug-likeness (QED) is 0.702. The van der Waals surface area contributed by atoms with E-state index in [2.05, 4.69) is 10.3 Å². The highest BCUT2D eigenvalue weighted by atomic mass is 35.5. The molecule has 1 amide bonds. The summed E-state index contributed by atoms with van der Waals surface area (Å²) in [6.07, 6.45) is -1.63. The molecule has 0 radical (unpaired) electrons. The van der Waals surface area contributed by atoms with E-state index in [-0.39, 0.29) is 23.2 Å². The fraction of sp³-hybridized carbons (Fsp3) is 0.417. The lowest BCUT2D eigenvalue weighted by atomic mass is 10.1. The highest BCUT2D eigenvalue weighted by Crippen LogP contribution is 2.17. The first-order chi connectivity index (χ1) is 8.81. The van der Waals surface area contributed by atoms with Gasteiger partial charge in [0.2, 0.25) is 0 Å². The zero-order chi connectivity index (χ0) is 14.6. The van der Waals surface area contributed by atoms with E-state index in [4.69, 9.17) is 21.8 Å². The molecule has 0 spiro atoms. The number of carbonyl (C=O) groups excluding carboxylic acids is 1. The van der Waals surface area contributed by atoms with Crippen molar-refractivity contribution in [3.05, 3.63) is 28.5 Å². The monoisotopic (exact) mass is 286 g/mol. The molecular formula is C12H15ClN2O4. The smallest absolute Gasteiger partial charge is 0.334 e. The van der Waals surface area contributed by atoms with Crippen LogP contribution in [0.4, 0.5) is 0 Å². The molecule has 104 valence electrons. The second-order valence-electron chi connectivity index (χ2n) is 4.32. The maximum absolute atomic E-state index is 11.8. The zero-order valence-corrected chi connectivity index (χ0v) is 11.3. The summed E-state index contributed by atoms with van der Waals surface area (Å²) in [4.78, 5) is 26.3. The summed E-state index contributed by atoms with van der Waals surface area (Å²) in [7, 11) is 0. The van der Waals surface area contributed by atoms with Gasteiger partial charge in [0.25, 0.3) is 5.91 Å². The van der Waals surface area contributed by atoms with Gasteiger partial charge in [-0.3, -0.25) is 4.79 Å². The van der Waals surface area contributed by atoms with E-state index in [1.54, 1.807) is 6.07 Å². The van der Waals surface area contributed by atoms with Crippen molar-refractivity contribution in [2.24, 2.45) is 0 Å². The number of hydrogen-bond donors (Lipinski definition) is 3. The molecule has 0 aromatic carbocycles. The Balaban J connectivity index is 2.79. The van der Waals surface area contributed by atoms with Gasteiger partial charge >= 0.3 is 5.97 Å². The number of nitrogens with one attached hydrogen (secondary N) is 1. The highest BCUT2D eigenvalue weighted by Gasteiger charge is 2.16. The number of aliphatic hydroxyl groups is 1. The number of rotatable bonds is 5. The molecule has 1 unspecified atom stereocenters. The molecule has 1 atom stereocenters. The summed E-state index contributed by atoms with van der Waals surface area (Å²) in [5.74, 6) is -1.79. The van der Waals surface area contributed by atoms with Crippen molar-refractivity contribution in [2.45, 2.75) is 25.9 Å². The molecule has 0 saturated carbocycles. The molecule has 0 aliphatic heterocycles. The van der Waals surface area contributed by atoms with Crippen LogP contribution in [0.15, 0.2) is 12.1 Å². The largest absolute Gasteiger partial charge is 0.479 e. The van der Waals surface area contributed by atoms with Crippen LogP contribution in [-0.2, 0) is 4.79 Å². The SMILES string of the molecule is CC(C)c1cc(C(=O)NCC(O)C(=O)O)cc(Cl)n1. The maximum atomic E-state index is 11.8. The number of aliphatic hydroxyl groups excluding tert-OH is 1. The maximum Gasteiger partial charge on any atom is 0.334 e. The van der Waals surface area contributed by atoms with Crippen LogP contribution in [-0.4, -0.2) is 39.7 Å². The van der Waals surface area contributed by atoms with Crippen LogP contribution in [0, 0.1) is 0 Å². The van der Waals surface area contributed by atoms with E-state index in [1.807, 2.05) is 13.8 Å². The zero-order valence-electron chi connectivity index (χ0n) is 10.6. The third-order valence-corrected chi connectivity index (χ3v) is 2.60. The van der Waals surface area contributed by atoms with Crippen molar-refractivity contribution >= 4 is 23.5 Å². The predicted molar refractivity (Wildman–Crippen MR) is 69.3 cm³/mol. The molecule has 1 aromatic heterocycles. The number of carbonyl (C=O) groups is 2. The van der Waals surface area contributed by atoms with E-state index in [0.717, 1.165) is 0 Å². The van der Waals surface area contributed by atoms with Crippen LogP contribution >= 0.6 is 11.6 Å². The fourth-order valence-electron chi connectivity index (χ4n) is 1.32. The van der Waals surface area contributed by atoms with Crippen molar-refractivity contribution in [1.29, 1.82) is 0 Å². The van der Waals surface area contributed by atoms with Crippen LogP contribution in [0.25, 0.3) is 0 Å². The van der Waals surface area contributed by atoms with E-state index >= 15 is 0 Å². The second-order valence-corrected chi connectivity index (χ2v) is 4.71. The summed E-state index contributed by atoms with van der Waals surface area (Å²) in [5, 5.41) is 20.1. The number of carboxylic acid groups (broad SMARTS) is 1. The average Bonchev–Trinajstić information content (AvgIpc) is 2.34. The van der Waals surface area contributed by atoms with Crippen molar-refractivity contribution in [3.8, 4) is 0 Å². The Hall–Kier alpha value is -1.66. The summed E-state index contributed by atoms with van der Waals surface area (Å²) in [6.45, 7) is 3.45. The van der Waals surface area contributed by atoms with Crippen molar-refractivity contribution < 1.29 is 19.8 Å². The highest BCUT2D eigenvalue weighted by molar-refractivity contribution is 6.29. The standard InChI is InChI=1S/C12H15ClN2O4/c1-6(2)8-3-7(4-10(13)15-8)11(17)14-5-9(16)12(18)19/h3-4,6,9,16H,5H2,1-2H3,(H,14,17)(H,18,19). The van der Waals surface area contributed by atoms with Crippen molar-refractivity contribution in [3.63, 3.8) is 0 Å². The minimum absolute atomic E-state index is 0.106. The lowest BCUT2D eigenvalue weighted by Crippen LogP contribution is -2.36. The molecule has 3 N–H and O–H groups in total. The van der Waals surface area contributed by atoms with Crippen molar-refractivity contribution in [1.82, 2.24) is 10.3 Å². The van der Waals surface area contributed by atoms with E-state index in [0.29, 0.717) is 5.69 Å². The Bertz CT molecular complexity index is 491. The lowest BCUT2D eigenvalue weighted by molar-refractivity contribution is -0.146. The molecule has 0 bridgehead atoms. The first-order valence-electron chi connectivity index (χ1n) is 5.67. The molecule has 0 saturated heterocycles. The molecule has 19 heavy (non-hydrogen) atoms. The van der Waals surface area contributed by atoms with E-state index < -0.39 is 18.0 Å². The van der Waals surface area contributed by atoms with Gasteiger partial charge in [0.1, 0.15) is 5.15 Å². The lowest BCUT2D eigenvalue weighted by Gasteiger charge is -2.10. The number of halogens is 1. The van der Waals surface area contributed by atoms with Crippen LogP contribution in [0.5, 0.6) is 0 Å². The van der Waals surface area contributed by atoms with Gasteiger partial charge in [-0.2, -0.15) is 0 Å². The molecule has 6 nitrogen and oxygen atoms in total. The molecule has 0 aliphatic carbocycles. The summed E-state index contributed by atoms with van der Waals surface area (Å²) in [5.41, 5.74) is 0.942. The summed E-state index contributed by atoms with van der Waals surface area (Å²) < 4.78 is 0. The first kappa shape index (κ1) is 15.4. The molecule has 1 rings (SSSR count). The summed E-state index contributed by atoms with van der Waals surface area (Å²) in [6, 6.07) is 2.97. The normalized spacial score (nSPS) is 12.3. The molecule has 0 fully saturated rings. The fourth-order valence-corrected chi connectivity index (χ4v) is 1.54. The minimum Gasteiger partial charge on any atom is -0.479 e. The minimum atomic E-state index is -1.63. The number of carboxylic acids is 1. The topological polar surface area (TPSA) is 99.5 Å². The van der Waals surface area contributed by atoms with E-state index in [1.165, 1.54) is 6.07 Å². The van der Waals surface area contributed by atoms with Gasteiger partial charge in [-0.15, -0.1) is 0 Å².